The van der Waals surface area contributed by atoms with Crippen molar-refractivity contribution in [3.8, 4) is 0 Å². The molecule has 0 aromatic heterocycles. The molecule has 192 valence electrons. The summed E-state index contributed by atoms with van der Waals surface area (Å²) in [5, 5.41) is 24.7. The molecule has 0 saturated carbocycles. The Morgan fingerprint density at radius 3 is 1.88 bits per heavy atom. The van der Waals surface area contributed by atoms with Gasteiger partial charge in [-0.05, 0) is 26.2 Å². The Bertz CT molecular complexity index is 799. The molecule has 4 amide bonds. The van der Waals surface area contributed by atoms with E-state index in [0.29, 0.717) is 0 Å². The molecule has 16 heteroatoms. The number of nitrogens with zero attached hydrogens (tertiary/aromatic N) is 1. The molecule has 0 aliphatic rings. The van der Waals surface area contributed by atoms with E-state index in [1.165, 1.54) is 6.92 Å². The first-order valence-electron chi connectivity index (χ1n) is 10.2. The molecule has 0 spiro atoms. The third-order valence-electron chi connectivity index (χ3n) is 4.35. The first kappa shape index (κ1) is 30.1. The molecule has 0 aliphatic carbocycles. The van der Waals surface area contributed by atoms with Crippen LogP contribution in [0.1, 0.15) is 39.0 Å². The topological polar surface area (TPSA) is 295 Å². The zero-order valence-electron chi connectivity index (χ0n) is 18.7. The lowest BCUT2D eigenvalue weighted by molar-refractivity contribution is -0.142. The van der Waals surface area contributed by atoms with Crippen molar-refractivity contribution in [1.82, 2.24) is 16.0 Å². The third kappa shape index (κ3) is 12.8. The molecular formula is C18H32N8O8. The van der Waals surface area contributed by atoms with E-state index >= 15 is 0 Å². The summed E-state index contributed by atoms with van der Waals surface area (Å²) in [6.07, 6.45) is -1.15. The third-order valence-corrected chi connectivity index (χ3v) is 4.35. The fourth-order valence-corrected chi connectivity index (χ4v) is 2.55. The van der Waals surface area contributed by atoms with Gasteiger partial charge in [-0.1, -0.05) is 0 Å². The van der Waals surface area contributed by atoms with Gasteiger partial charge in [0.15, 0.2) is 5.96 Å². The summed E-state index contributed by atoms with van der Waals surface area (Å²) in [6.45, 7) is 1.29. The van der Waals surface area contributed by atoms with Gasteiger partial charge < -0.3 is 49.1 Å². The molecule has 0 rings (SSSR count). The second-order valence-corrected chi connectivity index (χ2v) is 7.35. The lowest BCUT2D eigenvalue weighted by atomic mass is 10.1. The average Bonchev–Trinajstić information content (AvgIpc) is 2.71. The number of carboxylic acid groups (broad SMARTS) is 2. The van der Waals surface area contributed by atoms with Crippen molar-refractivity contribution in [2.24, 2.45) is 27.9 Å². The Balaban J connectivity index is 5.53. The Hall–Kier alpha value is -3.95. The Labute approximate surface area is 194 Å². The van der Waals surface area contributed by atoms with E-state index in [0.717, 1.165) is 0 Å². The Morgan fingerprint density at radius 1 is 0.853 bits per heavy atom. The highest BCUT2D eigenvalue weighted by Crippen LogP contribution is 2.05. The monoisotopic (exact) mass is 488 g/mol. The SMILES string of the molecule is CC(NC(=O)C(CCC(=O)O)NC(=O)C(CCCN=C(N)N)NC(=O)C(N)CC(N)=O)C(=O)O. The van der Waals surface area contributed by atoms with Crippen LogP contribution in [0.5, 0.6) is 0 Å². The predicted octanol–water partition coefficient (Wildman–Crippen LogP) is -4.33. The van der Waals surface area contributed by atoms with E-state index in [1.54, 1.807) is 0 Å². The largest absolute Gasteiger partial charge is 0.481 e. The molecule has 0 saturated heterocycles. The van der Waals surface area contributed by atoms with Gasteiger partial charge in [0.1, 0.15) is 18.1 Å². The van der Waals surface area contributed by atoms with E-state index in [9.17, 15) is 28.8 Å². The lowest BCUT2D eigenvalue weighted by Crippen LogP contribution is -2.57. The number of hydrogen-bond donors (Lipinski definition) is 9. The highest BCUT2D eigenvalue weighted by atomic mass is 16.4. The van der Waals surface area contributed by atoms with E-state index in [4.69, 9.17) is 33.1 Å². The van der Waals surface area contributed by atoms with Crippen molar-refractivity contribution >= 4 is 41.5 Å². The molecule has 16 nitrogen and oxygen atoms in total. The van der Waals surface area contributed by atoms with Crippen LogP contribution in [-0.4, -0.2) is 82.5 Å². The van der Waals surface area contributed by atoms with Crippen LogP contribution in [0.4, 0.5) is 0 Å². The van der Waals surface area contributed by atoms with Crippen molar-refractivity contribution < 1.29 is 39.0 Å². The number of carboxylic acids is 2. The van der Waals surface area contributed by atoms with E-state index in [2.05, 4.69) is 20.9 Å². The van der Waals surface area contributed by atoms with Crippen LogP contribution in [-0.2, 0) is 28.8 Å². The average molecular weight is 489 g/mol. The van der Waals surface area contributed by atoms with Crippen molar-refractivity contribution in [2.75, 3.05) is 6.54 Å². The maximum absolute atomic E-state index is 12.8. The van der Waals surface area contributed by atoms with Crippen molar-refractivity contribution in [1.29, 1.82) is 0 Å². The minimum absolute atomic E-state index is 0.0174. The highest BCUT2D eigenvalue weighted by molar-refractivity contribution is 5.95. The number of nitrogens with one attached hydrogen (secondary N) is 3. The minimum Gasteiger partial charge on any atom is -0.481 e. The van der Waals surface area contributed by atoms with Gasteiger partial charge in [0.2, 0.25) is 23.6 Å². The van der Waals surface area contributed by atoms with Crippen molar-refractivity contribution in [3.05, 3.63) is 0 Å². The summed E-state index contributed by atoms with van der Waals surface area (Å²) in [6, 6.07) is -5.33. The van der Waals surface area contributed by atoms with Gasteiger partial charge >= 0.3 is 11.9 Å². The molecular weight excluding hydrogens is 456 g/mol. The number of primary amides is 1. The zero-order valence-corrected chi connectivity index (χ0v) is 18.7. The number of aliphatic carboxylic acids is 2. The summed E-state index contributed by atoms with van der Waals surface area (Å²) >= 11 is 0. The normalized spacial score (nSPS) is 13.9. The predicted molar refractivity (Wildman–Crippen MR) is 118 cm³/mol. The number of carbonyl (C=O) groups is 6. The van der Waals surface area contributed by atoms with Crippen LogP contribution in [0.2, 0.25) is 0 Å². The molecule has 4 atom stereocenters. The summed E-state index contributed by atoms with van der Waals surface area (Å²) < 4.78 is 0. The van der Waals surface area contributed by atoms with E-state index < -0.39 is 72.6 Å². The van der Waals surface area contributed by atoms with Crippen LogP contribution in [0.3, 0.4) is 0 Å². The summed E-state index contributed by atoms with van der Waals surface area (Å²) in [5.74, 6) is -6.30. The van der Waals surface area contributed by atoms with Gasteiger partial charge in [0.25, 0.3) is 0 Å². The summed E-state index contributed by atoms with van der Waals surface area (Å²) in [7, 11) is 0. The molecule has 0 bridgehead atoms. The van der Waals surface area contributed by atoms with Gasteiger partial charge in [-0.3, -0.25) is 33.8 Å². The number of rotatable bonds is 16. The number of hydrogen-bond acceptors (Lipinski definition) is 8. The number of carbonyl (C=O) groups excluding carboxylic acids is 4. The summed E-state index contributed by atoms with van der Waals surface area (Å²) in [5.41, 5.74) is 21.1. The molecule has 34 heavy (non-hydrogen) atoms. The molecule has 0 aromatic rings. The number of aliphatic imine (C=N–C) groups is 1. The first-order chi connectivity index (χ1) is 15.7. The second kappa shape index (κ2) is 15.0. The molecule has 0 radical (unpaired) electrons. The van der Waals surface area contributed by atoms with Gasteiger partial charge in [-0.25, -0.2) is 0 Å². The molecule has 0 heterocycles. The second-order valence-electron chi connectivity index (χ2n) is 7.35. The number of nitrogens with two attached hydrogens (primary N) is 4. The van der Waals surface area contributed by atoms with Crippen molar-refractivity contribution in [2.45, 2.75) is 63.2 Å². The van der Waals surface area contributed by atoms with Gasteiger partial charge in [0, 0.05) is 13.0 Å². The Morgan fingerprint density at radius 2 is 1.38 bits per heavy atom. The quantitative estimate of drug-likeness (QED) is 0.0568. The highest BCUT2D eigenvalue weighted by Gasteiger charge is 2.29. The Kier molecular flexibility index (Phi) is 13.2. The first-order valence-corrected chi connectivity index (χ1v) is 10.2. The maximum Gasteiger partial charge on any atom is 0.325 e. The minimum atomic E-state index is -1.41. The van der Waals surface area contributed by atoms with Crippen LogP contribution >= 0.6 is 0 Å². The van der Waals surface area contributed by atoms with E-state index in [1.807, 2.05) is 0 Å². The standard InChI is InChI=1S/C18H32N8O8/c1-8(17(33)34)24-15(31)11(4-5-13(28)29)26-16(32)10(3-2-6-23-18(21)22)25-14(30)9(19)7-12(20)27/h8-11H,2-7,19H2,1H3,(H2,20,27)(H,24,31)(H,25,30)(H,26,32)(H,28,29)(H,33,34)(H4,21,22,23). The maximum atomic E-state index is 12.8. The smallest absolute Gasteiger partial charge is 0.325 e. The lowest BCUT2D eigenvalue weighted by Gasteiger charge is -2.24. The zero-order chi connectivity index (χ0) is 26.4. The molecule has 0 fully saturated rings. The van der Waals surface area contributed by atoms with E-state index in [-0.39, 0.29) is 31.8 Å². The molecule has 4 unspecified atom stereocenters. The number of guanidine groups is 1. The molecule has 0 aliphatic heterocycles. The fraction of sp³-hybridized carbons (Fsp3) is 0.611. The van der Waals surface area contributed by atoms with Gasteiger partial charge in [-0.15, -0.1) is 0 Å². The van der Waals surface area contributed by atoms with Crippen molar-refractivity contribution in [3.63, 3.8) is 0 Å². The number of amides is 4. The van der Waals surface area contributed by atoms with Gasteiger partial charge in [-0.2, -0.15) is 0 Å². The van der Waals surface area contributed by atoms with Crippen LogP contribution < -0.4 is 38.9 Å². The molecule has 0 aromatic carbocycles. The van der Waals surface area contributed by atoms with Gasteiger partial charge in [0.05, 0.1) is 12.5 Å². The van der Waals surface area contributed by atoms with Crippen LogP contribution in [0, 0.1) is 0 Å². The van der Waals surface area contributed by atoms with Crippen LogP contribution in [0.25, 0.3) is 0 Å². The summed E-state index contributed by atoms with van der Waals surface area (Å²) in [4.78, 5) is 74.2. The molecule has 13 N–H and O–H groups in total. The van der Waals surface area contributed by atoms with Crippen LogP contribution in [0.15, 0.2) is 4.99 Å². The fourth-order valence-electron chi connectivity index (χ4n) is 2.55.